The molecule has 0 aliphatic heterocycles. The van der Waals surface area contributed by atoms with Crippen LogP contribution in [0.5, 0.6) is 0 Å². The summed E-state index contributed by atoms with van der Waals surface area (Å²) >= 11 is 11.2. The smallest absolute Gasteiger partial charge is 0.417 e. The number of benzene rings is 2. The molecule has 0 heterocycles. The van der Waals surface area contributed by atoms with E-state index in [0.29, 0.717) is 42.0 Å². The van der Waals surface area contributed by atoms with Gasteiger partial charge >= 0.3 is 12.1 Å². The van der Waals surface area contributed by atoms with Crippen molar-refractivity contribution in [3.8, 4) is 0 Å². The van der Waals surface area contributed by atoms with Gasteiger partial charge in [0.2, 0.25) is 0 Å². The lowest BCUT2D eigenvalue weighted by Crippen LogP contribution is -2.14. The van der Waals surface area contributed by atoms with Gasteiger partial charge in [0.1, 0.15) is 0 Å². The number of hydrogen-bond donors (Lipinski definition) is 0. The molecule has 0 saturated carbocycles. The average molecular weight is 461 g/mol. The summed E-state index contributed by atoms with van der Waals surface area (Å²) in [7, 11) is 1.22. The first kappa shape index (κ1) is 22.3. The van der Waals surface area contributed by atoms with Crippen LogP contribution in [0.2, 0.25) is 10.0 Å². The van der Waals surface area contributed by atoms with Crippen LogP contribution >= 0.6 is 23.2 Å². The van der Waals surface area contributed by atoms with Crippen molar-refractivity contribution in [3.05, 3.63) is 74.0 Å². The summed E-state index contributed by atoms with van der Waals surface area (Å²) in [6.45, 7) is 0. The highest BCUT2D eigenvalue weighted by Gasteiger charge is 2.36. The predicted molar refractivity (Wildman–Crippen MR) is 105 cm³/mol. The second-order valence-electron chi connectivity index (χ2n) is 6.64. The molecule has 2 aromatic carbocycles. The number of alkyl halides is 3. The van der Waals surface area contributed by atoms with Crippen molar-refractivity contribution < 1.29 is 31.9 Å². The first-order valence-corrected chi connectivity index (χ1v) is 9.51. The van der Waals surface area contributed by atoms with E-state index in [1.54, 1.807) is 0 Å². The largest absolute Gasteiger partial charge is 0.465 e. The molecule has 0 bridgehead atoms. The molecule has 1 aliphatic rings. The Morgan fingerprint density at radius 3 is 2.10 bits per heavy atom. The first-order chi connectivity index (χ1) is 14.0. The molecule has 0 spiro atoms. The Morgan fingerprint density at radius 2 is 1.57 bits per heavy atom. The Bertz CT molecular complexity index is 1050. The molecule has 0 fully saturated rings. The van der Waals surface area contributed by atoms with Crippen molar-refractivity contribution in [3.63, 3.8) is 0 Å². The Morgan fingerprint density at radius 1 is 1.03 bits per heavy atom. The number of rotatable bonds is 4. The molecule has 0 radical (unpaired) electrons. The van der Waals surface area contributed by atoms with Crippen molar-refractivity contribution in [1.82, 2.24) is 0 Å². The number of carbonyl (C=O) groups excluding carboxylic acids is 2. The second kappa shape index (κ2) is 8.40. The standard InChI is InChI=1S/C21H14Cl2F4O3/c1-30-20(29)14-6-5-13(11-3-2-4-12(11)14)18(28)9-15(21(25,26)27)10-7-16(22)19(24)17(23)8-10/h5-9H,2-4H2,1H3/b15-9-. The van der Waals surface area contributed by atoms with Crippen LogP contribution in [0.15, 0.2) is 30.3 Å². The van der Waals surface area contributed by atoms with Crippen LogP contribution in [0.1, 0.15) is 43.8 Å². The SMILES string of the molecule is COC(=O)c1ccc(C(=O)/C=C(/c2cc(Cl)c(F)c(Cl)c2)C(F)(F)F)c2c1CCC2. The third-order valence-corrected chi connectivity index (χ3v) is 5.38. The fourth-order valence-corrected chi connectivity index (χ4v) is 3.97. The van der Waals surface area contributed by atoms with E-state index in [2.05, 4.69) is 0 Å². The summed E-state index contributed by atoms with van der Waals surface area (Å²) in [6, 6.07) is 4.21. The summed E-state index contributed by atoms with van der Waals surface area (Å²) in [4.78, 5) is 24.7. The van der Waals surface area contributed by atoms with Gasteiger partial charge in [0.05, 0.1) is 28.3 Å². The highest BCUT2D eigenvalue weighted by Crippen LogP contribution is 2.38. The molecule has 0 N–H and O–H groups in total. The van der Waals surface area contributed by atoms with Crippen LogP contribution in [0, 0.1) is 5.82 Å². The molecular formula is C21H14Cl2F4O3. The zero-order valence-corrected chi connectivity index (χ0v) is 17.0. The normalized spacial score (nSPS) is 13.9. The Balaban J connectivity index is 2.11. The number of esters is 1. The number of allylic oxidation sites excluding steroid dienone is 2. The van der Waals surface area contributed by atoms with E-state index in [0.717, 1.165) is 12.1 Å². The highest BCUT2D eigenvalue weighted by molar-refractivity contribution is 6.35. The van der Waals surface area contributed by atoms with E-state index in [-0.39, 0.29) is 5.56 Å². The van der Waals surface area contributed by atoms with Crippen LogP contribution < -0.4 is 0 Å². The van der Waals surface area contributed by atoms with E-state index in [4.69, 9.17) is 27.9 Å². The average Bonchev–Trinajstić information content (AvgIpc) is 3.17. The van der Waals surface area contributed by atoms with Gasteiger partial charge in [0.25, 0.3) is 0 Å². The number of methoxy groups -OCH3 is 1. The molecule has 30 heavy (non-hydrogen) atoms. The van der Waals surface area contributed by atoms with Gasteiger partial charge in [-0.3, -0.25) is 4.79 Å². The van der Waals surface area contributed by atoms with Gasteiger partial charge < -0.3 is 4.74 Å². The molecule has 0 saturated heterocycles. The first-order valence-electron chi connectivity index (χ1n) is 8.75. The maximum atomic E-state index is 13.7. The van der Waals surface area contributed by atoms with Gasteiger partial charge in [-0.2, -0.15) is 13.2 Å². The minimum absolute atomic E-state index is 0.0659. The van der Waals surface area contributed by atoms with Crippen molar-refractivity contribution in [2.45, 2.75) is 25.4 Å². The van der Waals surface area contributed by atoms with Crippen LogP contribution in [-0.2, 0) is 17.6 Å². The number of ketones is 1. The van der Waals surface area contributed by atoms with Gasteiger partial charge in [0, 0.05) is 5.56 Å². The van der Waals surface area contributed by atoms with E-state index >= 15 is 0 Å². The topological polar surface area (TPSA) is 43.4 Å². The zero-order chi connectivity index (χ0) is 22.2. The summed E-state index contributed by atoms with van der Waals surface area (Å²) < 4.78 is 59.4. The van der Waals surface area contributed by atoms with E-state index in [1.807, 2.05) is 0 Å². The van der Waals surface area contributed by atoms with Crippen LogP contribution in [0.4, 0.5) is 17.6 Å². The molecule has 2 aromatic rings. The second-order valence-corrected chi connectivity index (χ2v) is 7.45. The highest BCUT2D eigenvalue weighted by atomic mass is 35.5. The van der Waals surface area contributed by atoms with Crippen molar-refractivity contribution in [1.29, 1.82) is 0 Å². The number of hydrogen-bond acceptors (Lipinski definition) is 3. The third-order valence-electron chi connectivity index (χ3n) is 4.83. The number of carbonyl (C=O) groups is 2. The van der Waals surface area contributed by atoms with Gasteiger partial charge in [-0.1, -0.05) is 23.2 Å². The fraction of sp³-hybridized carbons (Fsp3) is 0.238. The maximum absolute atomic E-state index is 13.7. The predicted octanol–water partition coefficient (Wildman–Crippen LogP) is 6.24. The van der Waals surface area contributed by atoms with Crippen LogP contribution in [-0.4, -0.2) is 25.0 Å². The van der Waals surface area contributed by atoms with Gasteiger partial charge in [-0.05, 0) is 66.3 Å². The summed E-state index contributed by atoms with van der Waals surface area (Å²) in [6.07, 6.45) is -2.87. The molecule has 1 aliphatic carbocycles. The lowest BCUT2D eigenvalue weighted by Gasteiger charge is -2.14. The molecule has 0 aromatic heterocycles. The van der Waals surface area contributed by atoms with Crippen molar-refractivity contribution >= 4 is 40.5 Å². The Kier molecular flexibility index (Phi) is 6.24. The van der Waals surface area contributed by atoms with Gasteiger partial charge in [-0.25, -0.2) is 9.18 Å². The molecule has 0 amide bonds. The summed E-state index contributed by atoms with van der Waals surface area (Å²) in [5.41, 5.74) is -0.358. The quantitative estimate of drug-likeness (QED) is 0.178. The number of halogens is 6. The molecule has 9 heteroatoms. The lowest BCUT2D eigenvalue weighted by molar-refractivity contribution is -0.0689. The molecule has 158 valence electrons. The molecule has 3 rings (SSSR count). The maximum Gasteiger partial charge on any atom is 0.417 e. The molecule has 0 atom stereocenters. The van der Waals surface area contributed by atoms with E-state index in [1.165, 1.54) is 19.2 Å². The molecule has 0 unspecified atom stereocenters. The number of fused-ring (bicyclic) bond motifs is 1. The minimum Gasteiger partial charge on any atom is -0.465 e. The zero-order valence-electron chi connectivity index (χ0n) is 15.5. The minimum atomic E-state index is -4.92. The summed E-state index contributed by atoms with van der Waals surface area (Å²) in [5.74, 6) is -2.52. The van der Waals surface area contributed by atoms with Crippen LogP contribution in [0.25, 0.3) is 5.57 Å². The van der Waals surface area contributed by atoms with E-state index in [9.17, 15) is 27.2 Å². The Hall–Kier alpha value is -2.38. The molecular weight excluding hydrogens is 447 g/mol. The lowest BCUT2D eigenvalue weighted by atomic mass is 9.94. The van der Waals surface area contributed by atoms with Crippen molar-refractivity contribution in [2.75, 3.05) is 7.11 Å². The van der Waals surface area contributed by atoms with Gasteiger partial charge in [0.15, 0.2) is 11.6 Å². The van der Waals surface area contributed by atoms with E-state index < -0.39 is 44.9 Å². The van der Waals surface area contributed by atoms with Crippen molar-refractivity contribution in [2.24, 2.45) is 0 Å². The Labute approximate surface area is 179 Å². The fourth-order valence-electron chi connectivity index (χ4n) is 3.49. The van der Waals surface area contributed by atoms with Crippen LogP contribution in [0.3, 0.4) is 0 Å². The molecule has 3 nitrogen and oxygen atoms in total. The number of ether oxygens (including phenoxy) is 1. The summed E-state index contributed by atoms with van der Waals surface area (Å²) in [5, 5.41) is -1.19. The monoisotopic (exact) mass is 460 g/mol. The third kappa shape index (κ3) is 4.23. The van der Waals surface area contributed by atoms with Gasteiger partial charge in [-0.15, -0.1) is 0 Å².